The van der Waals surface area contributed by atoms with Crippen LogP contribution in [0.1, 0.15) is 6.42 Å². The molecule has 1 unspecified atom stereocenters. The van der Waals surface area contributed by atoms with E-state index in [4.69, 9.17) is 22.1 Å². The number of hydrogen-bond acceptors (Lipinski definition) is 6. The summed E-state index contributed by atoms with van der Waals surface area (Å²) in [5.74, 6) is -2.88. The standard InChI is InChI=1S/C21H18ClF3N4O4/c22-13-6-8-14(9-7-13)28(12-21(23,24)25)18(30)11-33-20(32)16-10-17(19(26)31)29(27-16)15-4-2-1-3-5-15/h1-9,17H,10-12H2,(H2,26,31). The van der Waals surface area contributed by atoms with Gasteiger partial charge in [-0.2, -0.15) is 18.3 Å². The number of carbonyl (C=O) groups excluding carboxylic acids is 3. The van der Waals surface area contributed by atoms with Crippen molar-refractivity contribution in [1.29, 1.82) is 0 Å². The lowest BCUT2D eigenvalue weighted by molar-refractivity contribution is -0.143. The number of anilines is 2. The van der Waals surface area contributed by atoms with Crippen molar-refractivity contribution in [1.82, 2.24) is 0 Å². The second-order valence-corrected chi connectivity index (χ2v) is 7.43. The maximum Gasteiger partial charge on any atom is 0.406 e. The molecule has 0 radical (unpaired) electrons. The minimum atomic E-state index is -4.69. The van der Waals surface area contributed by atoms with Gasteiger partial charge in [-0.15, -0.1) is 0 Å². The highest BCUT2D eigenvalue weighted by atomic mass is 35.5. The van der Waals surface area contributed by atoms with Crippen molar-refractivity contribution in [2.24, 2.45) is 10.8 Å². The van der Waals surface area contributed by atoms with Crippen molar-refractivity contribution in [3.8, 4) is 0 Å². The maximum atomic E-state index is 13.0. The Morgan fingerprint density at radius 1 is 1.12 bits per heavy atom. The first-order chi connectivity index (χ1) is 15.5. The van der Waals surface area contributed by atoms with Crippen LogP contribution >= 0.6 is 11.6 Å². The zero-order valence-corrected chi connectivity index (χ0v) is 17.7. The highest BCUT2D eigenvalue weighted by molar-refractivity contribution is 6.38. The predicted octanol–water partition coefficient (Wildman–Crippen LogP) is 2.90. The number of ether oxygens (including phenoxy) is 1. The Morgan fingerprint density at radius 3 is 2.33 bits per heavy atom. The largest absolute Gasteiger partial charge is 0.451 e. The van der Waals surface area contributed by atoms with Crippen molar-refractivity contribution in [3.63, 3.8) is 0 Å². The minimum Gasteiger partial charge on any atom is -0.451 e. The number of esters is 1. The smallest absolute Gasteiger partial charge is 0.406 e. The summed E-state index contributed by atoms with van der Waals surface area (Å²) in [5, 5.41) is 5.59. The van der Waals surface area contributed by atoms with E-state index < -0.39 is 43.2 Å². The van der Waals surface area contributed by atoms with Gasteiger partial charge in [-0.1, -0.05) is 29.8 Å². The second kappa shape index (κ2) is 9.90. The van der Waals surface area contributed by atoms with Crippen molar-refractivity contribution < 1.29 is 32.3 Å². The van der Waals surface area contributed by atoms with E-state index in [0.29, 0.717) is 10.6 Å². The molecule has 1 atom stereocenters. The van der Waals surface area contributed by atoms with Crippen molar-refractivity contribution >= 4 is 46.5 Å². The summed E-state index contributed by atoms with van der Waals surface area (Å²) in [6.45, 7) is -2.55. The highest BCUT2D eigenvalue weighted by Gasteiger charge is 2.37. The number of hydrazone groups is 1. The van der Waals surface area contributed by atoms with E-state index in [1.165, 1.54) is 29.3 Å². The fourth-order valence-electron chi connectivity index (χ4n) is 3.09. The lowest BCUT2D eigenvalue weighted by Gasteiger charge is -2.24. The van der Waals surface area contributed by atoms with Crippen LogP contribution < -0.4 is 15.6 Å². The minimum absolute atomic E-state index is 0.0694. The number of primary amides is 1. The molecule has 0 saturated carbocycles. The van der Waals surface area contributed by atoms with E-state index in [0.717, 1.165) is 0 Å². The molecular formula is C21H18ClF3N4O4. The molecule has 2 amide bonds. The Kier molecular flexibility index (Phi) is 7.22. The first-order valence-electron chi connectivity index (χ1n) is 9.56. The summed E-state index contributed by atoms with van der Waals surface area (Å²) in [6.07, 6.45) is -4.87. The Hall–Kier alpha value is -3.60. The SMILES string of the molecule is NC(=O)C1CC(C(=O)OCC(=O)N(CC(F)(F)F)c2ccc(Cl)cc2)=NN1c1ccccc1. The van der Waals surface area contributed by atoms with Gasteiger partial charge in [-0.05, 0) is 36.4 Å². The van der Waals surface area contributed by atoms with Gasteiger partial charge in [0.05, 0.1) is 5.69 Å². The molecule has 0 aromatic heterocycles. The molecule has 0 spiro atoms. The van der Waals surface area contributed by atoms with Crippen LogP contribution in [0.3, 0.4) is 0 Å². The zero-order valence-electron chi connectivity index (χ0n) is 17.0. The molecule has 0 bridgehead atoms. The van der Waals surface area contributed by atoms with Gasteiger partial charge in [0.2, 0.25) is 5.91 Å². The summed E-state index contributed by atoms with van der Waals surface area (Å²) < 4.78 is 43.9. The lowest BCUT2D eigenvalue weighted by Crippen LogP contribution is -2.42. The van der Waals surface area contributed by atoms with Gasteiger partial charge in [-0.25, -0.2) is 4.79 Å². The van der Waals surface area contributed by atoms with Crippen LogP contribution in [0.25, 0.3) is 0 Å². The van der Waals surface area contributed by atoms with Gasteiger partial charge < -0.3 is 15.4 Å². The molecule has 0 aliphatic carbocycles. The molecule has 1 aliphatic rings. The molecule has 12 heteroatoms. The molecule has 1 heterocycles. The molecule has 1 aliphatic heterocycles. The number of amides is 2. The van der Waals surface area contributed by atoms with E-state index in [9.17, 15) is 27.6 Å². The van der Waals surface area contributed by atoms with Gasteiger partial charge in [0.15, 0.2) is 6.61 Å². The van der Waals surface area contributed by atoms with Gasteiger partial charge in [-0.3, -0.25) is 14.6 Å². The average molecular weight is 483 g/mol. The number of para-hydroxylation sites is 1. The number of rotatable bonds is 7. The molecule has 0 fully saturated rings. The van der Waals surface area contributed by atoms with E-state index in [1.807, 2.05) is 0 Å². The Bertz CT molecular complexity index is 1060. The van der Waals surface area contributed by atoms with Crippen LogP contribution in [0.15, 0.2) is 59.7 Å². The maximum absolute atomic E-state index is 13.0. The fraction of sp³-hybridized carbons (Fsp3) is 0.238. The molecule has 0 saturated heterocycles. The first kappa shape index (κ1) is 24.1. The molecular weight excluding hydrogens is 465 g/mol. The van der Waals surface area contributed by atoms with Crippen molar-refractivity contribution in [2.45, 2.75) is 18.6 Å². The summed E-state index contributed by atoms with van der Waals surface area (Å²) in [4.78, 5) is 37.2. The quantitative estimate of drug-likeness (QED) is 0.611. The molecule has 2 N–H and O–H groups in total. The van der Waals surface area contributed by atoms with E-state index in [2.05, 4.69) is 5.10 Å². The number of hydrogen-bond donors (Lipinski definition) is 1. The number of alkyl halides is 3. The van der Waals surface area contributed by atoms with Gasteiger partial charge >= 0.3 is 12.1 Å². The van der Waals surface area contributed by atoms with E-state index in [-0.39, 0.29) is 22.8 Å². The number of nitrogens with zero attached hydrogens (tertiary/aromatic N) is 3. The fourth-order valence-corrected chi connectivity index (χ4v) is 3.21. The summed E-state index contributed by atoms with van der Waals surface area (Å²) >= 11 is 5.75. The predicted molar refractivity (Wildman–Crippen MR) is 115 cm³/mol. The van der Waals surface area contributed by atoms with Crippen LogP contribution in [0.4, 0.5) is 24.5 Å². The van der Waals surface area contributed by atoms with Crippen LogP contribution in [-0.4, -0.2) is 48.9 Å². The van der Waals surface area contributed by atoms with Crippen molar-refractivity contribution in [2.75, 3.05) is 23.1 Å². The summed E-state index contributed by atoms with van der Waals surface area (Å²) in [6, 6.07) is 12.6. The third-order valence-corrected chi connectivity index (χ3v) is 4.85. The van der Waals surface area contributed by atoms with Gasteiger partial charge in [0, 0.05) is 17.1 Å². The van der Waals surface area contributed by atoms with E-state index >= 15 is 0 Å². The summed E-state index contributed by atoms with van der Waals surface area (Å²) in [5.41, 5.74) is 5.64. The van der Waals surface area contributed by atoms with Crippen LogP contribution in [-0.2, 0) is 19.1 Å². The van der Waals surface area contributed by atoms with Gasteiger partial charge in [0.1, 0.15) is 18.3 Å². The third-order valence-electron chi connectivity index (χ3n) is 4.60. The Morgan fingerprint density at radius 2 is 1.76 bits per heavy atom. The number of benzene rings is 2. The Labute approximate surface area is 191 Å². The van der Waals surface area contributed by atoms with Crippen LogP contribution in [0.5, 0.6) is 0 Å². The Balaban J connectivity index is 1.72. The lowest BCUT2D eigenvalue weighted by atomic mass is 10.1. The monoisotopic (exact) mass is 482 g/mol. The molecule has 2 aromatic carbocycles. The third kappa shape index (κ3) is 6.22. The topological polar surface area (TPSA) is 105 Å². The first-order valence-corrected chi connectivity index (χ1v) is 9.94. The van der Waals surface area contributed by atoms with Crippen LogP contribution in [0.2, 0.25) is 5.02 Å². The van der Waals surface area contributed by atoms with Crippen LogP contribution in [0, 0.1) is 0 Å². The van der Waals surface area contributed by atoms with Gasteiger partial charge in [0.25, 0.3) is 5.91 Å². The molecule has 174 valence electrons. The summed E-state index contributed by atoms with van der Waals surface area (Å²) in [7, 11) is 0. The highest BCUT2D eigenvalue weighted by Crippen LogP contribution is 2.26. The van der Waals surface area contributed by atoms with E-state index in [1.54, 1.807) is 30.3 Å². The number of halogens is 4. The molecule has 8 nitrogen and oxygen atoms in total. The number of nitrogens with two attached hydrogens (primary N) is 1. The second-order valence-electron chi connectivity index (χ2n) is 7.00. The zero-order chi connectivity index (χ0) is 24.2. The van der Waals surface area contributed by atoms with Crippen molar-refractivity contribution in [3.05, 3.63) is 59.6 Å². The molecule has 2 aromatic rings. The average Bonchev–Trinajstić information content (AvgIpc) is 3.22. The molecule has 3 rings (SSSR count). The normalized spacial score (nSPS) is 15.7. The molecule has 33 heavy (non-hydrogen) atoms. The number of carbonyl (C=O) groups is 3.